The summed E-state index contributed by atoms with van der Waals surface area (Å²) in [6.45, 7) is 0.539. The summed E-state index contributed by atoms with van der Waals surface area (Å²) in [5.74, 6) is 1.58. The zero-order chi connectivity index (χ0) is 21.9. The standard InChI is InChI=1S/C24H21ClN4O3/c25-17-6-3-5-16(11-17)12-18-13-26-24(32-18)21-9-4-10-29(21)22(30)14-31-23-19-7-1-2-8-20(19)27-15-28-23/h1-3,5-8,11,13,15,21H,4,9-10,12,14H2. The second-order valence-corrected chi connectivity index (χ2v) is 8.14. The Bertz CT molecular complexity index is 1250. The van der Waals surface area contributed by atoms with Gasteiger partial charge in [0.05, 0.1) is 17.1 Å². The number of carbonyl (C=O) groups excluding carboxylic acids is 1. The van der Waals surface area contributed by atoms with E-state index >= 15 is 0 Å². The summed E-state index contributed by atoms with van der Waals surface area (Å²) in [5, 5.41) is 1.46. The fraction of sp³-hybridized carbons (Fsp3) is 0.250. The number of aromatic nitrogens is 3. The molecule has 7 nitrogen and oxygen atoms in total. The molecule has 3 heterocycles. The number of nitrogens with zero attached hydrogens (tertiary/aromatic N) is 4. The second kappa shape index (κ2) is 8.96. The van der Waals surface area contributed by atoms with Crippen LogP contribution >= 0.6 is 11.6 Å². The van der Waals surface area contributed by atoms with Crippen LogP contribution in [0.25, 0.3) is 10.9 Å². The molecule has 2 aromatic heterocycles. The lowest BCUT2D eigenvalue weighted by atomic mass is 10.1. The van der Waals surface area contributed by atoms with E-state index in [2.05, 4.69) is 15.0 Å². The molecule has 0 radical (unpaired) electrons. The number of oxazole rings is 1. The predicted octanol–water partition coefficient (Wildman–Crippen LogP) is 4.60. The van der Waals surface area contributed by atoms with Crippen molar-refractivity contribution in [1.82, 2.24) is 19.9 Å². The van der Waals surface area contributed by atoms with Crippen molar-refractivity contribution in [2.75, 3.05) is 13.2 Å². The Morgan fingerprint density at radius 2 is 2.06 bits per heavy atom. The fourth-order valence-electron chi connectivity index (χ4n) is 4.04. The van der Waals surface area contributed by atoms with E-state index in [1.54, 1.807) is 11.1 Å². The Kier molecular flexibility index (Phi) is 5.73. The van der Waals surface area contributed by atoms with Crippen LogP contribution in [0, 0.1) is 0 Å². The van der Waals surface area contributed by atoms with Crippen LogP contribution < -0.4 is 4.74 Å². The number of hydrogen-bond acceptors (Lipinski definition) is 6. The molecule has 1 amide bonds. The van der Waals surface area contributed by atoms with Crippen molar-refractivity contribution in [1.29, 1.82) is 0 Å². The molecule has 1 atom stereocenters. The van der Waals surface area contributed by atoms with Crippen LogP contribution in [-0.4, -0.2) is 38.9 Å². The smallest absolute Gasteiger partial charge is 0.261 e. The highest BCUT2D eigenvalue weighted by Gasteiger charge is 2.33. The molecule has 1 saturated heterocycles. The number of benzene rings is 2. The van der Waals surface area contributed by atoms with Crippen LogP contribution in [0.15, 0.2) is 65.5 Å². The third kappa shape index (κ3) is 4.29. The Morgan fingerprint density at radius 1 is 1.16 bits per heavy atom. The van der Waals surface area contributed by atoms with E-state index in [-0.39, 0.29) is 18.6 Å². The molecule has 8 heteroatoms. The van der Waals surface area contributed by atoms with E-state index in [0.717, 1.165) is 35.1 Å². The van der Waals surface area contributed by atoms with Gasteiger partial charge in [-0.2, -0.15) is 0 Å². The number of fused-ring (bicyclic) bond motifs is 1. The van der Waals surface area contributed by atoms with Gasteiger partial charge < -0.3 is 14.1 Å². The SMILES string of the molecule is O=C(COc1ncnc2ccccc12)N1CCCC1c1ncc(Cc2cccc(Cl)c2)o1. The number of carbonyl (C=O) groups is 1. The zero-order valence-corrected chi connectivity index (χ0v) is 18.0. The van der Waals surface area contributed by atoms with Gasteiger partial charge in [0.2, 0.25) is 11.8 Å². The van der Waals surface area contributed by atoms with Gasteiger partial charge in [0.1, 0.15) is 18.1 Å². The highest BCUT2D eigenvalue weighted by Crippen LogP contribution is 2.32. The summed E-state index contributed by atoms with van der Waals surface area (Å²) in [5.41, 5.74) is 1.82. The predicted molar refractivity (Wildman–Crippen MR) is 119 cm³/mol. The first-order valence-corrected chi connectivity index (χ1v) is 10.9. The molecular weight excluding hydrogens is 428 g/mol. The topological polar surface area (TPSA) is 81.4 Å². The first-order chi connectivity index (χ1) is 15.7. The average molecular weight is 449 g/mol. The van der Waals surface area contributed by atoms with Gasteiger partial charge in [0, 0.05) is 18.0 Å². The maximum Gasteiger partial charge on any atom is 0.261 e. The van der Waals surface area contributed by atoms with Gasteiger partial charge in [-0.05, 0) is 42.7 Å². The number of halogens is 1. The van der Waals surface area contributed by atoms with Crippen LogP contribution in [0.5, 0.6) is 5.88 Å². The monoisotopic (exact) mass is 448 g/mol. The third-order valence-electron chi connectivity index (χ3n) is 5.54. The van der Waals surface area contributed by atoms with Crippen molar-refractivity contribution < 1.29 is 13.9 Å². The first kappa shape index (κ1) is 20.5. The summed E-state index contributed by atoms with van der Waals surface area (Å²) in [7, 11) is 0. The van der Waals surface area contributed by atoms with Crippen LogP contribution in [0.1, 0.15) is 36.1 Å². The molecule has 0 N–H and O–H groups in total. The average Bonchev–Trinajstić information content (AvgIpc) is 3.47. The van der Waals surface area contributed by atoms with Gasteiger partial charge in [-0.3, -0.25) is 4.79 Å². The quantitative estimate of drug-likeness (QED) is 0.428. The summed E-state index contributed by atoms with van der Waals surface area (Å²) >= 11 is 6.07. The van der Waals surface area contributed by atoms with Crippen LogP contribution in [0.4, 0.5) is 0 Å². The number of hydrogen-bond donors (Lipinski definition) is 0. The van der Waals surface area contributed by atoms with Gasteiger partial charge in [-0.1, -0.05) is 35.9 Å². The Morgan fingerprint density at radius 3 is 2.97 bits per heavy atom. The van der Waals surface area contributed by atoms with E-state index in [4.69, 9.17) is 20.8 Å². The van der Waals surface area contributed by atoms with E-state index in [0.29, 0.717) is 29.8 Å². The van der Waals surface area contributed by atoms with Gasteiger partial charge in [-0.15, -0.1) is 0 Å². The molecule has 2 aromatic carbocycles. The number of ether oxygens (including phenoxy) is 1. The number of para-hydroxylation sites is 1. The highest BCUT2D eigenvalue weighted by atomic mass is 35.5. The molecule has 5 rings (SSSR count). The molecule has 1 aliphatic rings. The molecule has 4 aromatic rings. The lowest BCUT2D eigenvalue weighted by molar-refractivity contribution is -0.134. The Hall–Kier alpha value is -3.45. The second-order valence-electron chi connectivity index (χ2n) is 7.70. The minimum absolute atomic E-state index is 0.104. The van der Waals surface area contributed by atoms with Crippen molar-refractivity contribution in [2.45, 2.75) is 25.3 Å². The molecule has 32 heavy (non-hydrogen) atoms. The van der Waals surface area contributed by atoms with Gasteiger partial charge in [-0.25, -0.2) is 15.0 Å². The zero-order valence-electron chi connectivity index (χ0n) is 17.3. The maximum absolute atomic E-state index is 12.9. The summed E-state index contributed by atoms with van der Waals surface area (Å²) in [4.78, 5) is 27.6. The summed E-state index contributed by atoms with van der Waals surface area (Å²) < 4.78 is 11.8. The molecule has 0 aliphatic carbocycles. The van der Waals surface area contributed by atoms with Gasteiger partial charge >= 0.3 is 0 Å². The van der Waals surface area contributed by atoms with Crippen molar-refractivity contribution in [3.8, 4) is 5.88 Å². The minimum Gasteiger partial charge on any atom is -0.467 e. The van der Waals surface area contributed by atoms with Gasteiger partial charge in [0.15, 0.2) is 6.61 Å². The lowest BCUT2D eigenvalue weighted by Crippen LogP contribution is -2.34. The van der Waals surface area contributed by atoms with Crippen molar-refractivity contribution in [3.63, 3.8) is 0 Å². The molecule has 0 bridgehead atoms. The first-order valence-electron chi connectivity index (χ1n) is 10.5. The van der Waals surface area contributed by atoms with E-state index < -0.39 is 0 Å². The summed E-state index contributed by atoms with van der Waals surface area (Å²) in [6.07, 6.45) is 5.45. The molecule has 0 saturated carbocycles. The van der Waals surface area contributed by atoms with E-state index in [9.17, 15) is 4.79 Å². The number of amides is 1. The van der Waals surface area contributed by atoms with Crippen LogP contribution in [-0.2, 0) is 11.2 Å². The highest BCUT2D eigenvalue weighted by molar-refractivity contribution is 6.30. The largest absolute Gasteiger partial charge is 0.467 e. The molecule has 1 aliphatic heterocycles. The van der Waals surface area contributed by atoms with E-state index in [1.807, 2.05) is 48.5 Å². The van der Waals surface area contributed by atoms with Crippen molar-refractivity contribution >= 4 is 28.4 Å². The minimum atomic E-state index is -0.193. The molecule has 162 valence electrons. The third-order valence-corrected chi connectivity index (χ3v) is 5.77. The van der Waals surface area contributed by atoms with Crippen LogP contribution in [0.2, 0.25) is 5.02 Å². The molecule has 1 fully saturated rings. The van der Waals surface area contributed by atoms with E-state index in [1.165, 1.54) is 6.33 Å². The molecule has 1 unspecified atom stereocenters. The number of likely N-dealkylation sites (tertiary alicyclic amines) is 1. The molecular formula is C24H21ClN4O3. The Labute approximate surface area is 190 Å². The number of rotatable bonds is 6. The lowest BCUT2D eigenvalue weighted by Gasteiger charge is -2.22. The van der Waals surface area contributed by atoms with Crippen molar-refractivity contribution in [2.24, 2.45) is 0 Å². The Balaban J connectivity index is 1.26. The normalized spacial score (nSPS) is 15.9. The maximum atomic E-state index is 12.9. The summed E-state index contributed by atoms with van der Waals surface area (Å²) in [6, 6.07) is 15.0. The fourth-order valence-corrected chi connectivity index (χ4v) is 4.25. The van der Waals surface area contributed by atoms with Crippen molar-refractivity contribution in [3.05, 3.63) is 83.3 Å². The molecule has 0 spiro atoms. The van der Waals surface area contributed by atoms with Crippen LogP contribution in [0.3, 0.4) is 0 Å². The van der Waals surface area contributed by atoms with Gasteiger partial charge in [0.25, 0.3) is 5.91 Å².